The van der Waals surface area contributed by atoms with Crippen LogP contribution in [0.1, 0.15) is 12.5 Å². The molecular weight excluding hydrogens is 362 g/mol. The highest BCUT2D eigenvalue weighted by atomic mass is 32.2. The summed E-state index contributed by atoms with van der Waals surface area (Å²) in [5.41, 5.74) is 2.81. The summed E-state index contributed by atoms with van der Waals surface area (Å²) in [6.07, 6.45) is 1.56. The van der Waals surface area contributed by atoms with Gasteiger partial charge in [-0.15, -0.1) is 10.2 Å². The number of carbonyl (C=O) groups excluding carboxylic acids is 1. The smallest absolute Gasteiger partial charge is 0.234 e. The van der Waals surface area contributed by atoms with Crippen LogP contribution in [0.3, 0.4) is 0 Å². The number of carbonyl (C=O) groups is 1. The molecule has 3 aromatic rings. The van der Waals surface area contributed by atoms with E-state index in [0.29, 0.717) is 11.6 Å². The molecule has 2 aromatic heterocycles. The topological polar surface area (TPSA) is 81.9 Å². The number of amides is 1. The van der Waals surface area contributed by atoms with Crippen LogP contribution < -0.4 is 10.1 Å². The minimum absolute atomic E-state index is 0.130. The van der Waals surface area contributed by atoms with Crippen LogP contribution in [0.15, 0.2) is 47.8 Å². The molecule has 0 aliphatic rings. The molecule has 7 nitrogen and oxygen atoms in total. The largest absolute Gasteiger partial charge is 0.481 e. The first-order valence-corrected chi connectivity index (χ1v) is 9.52. The fourth-order valence-electron chi connectivity index (χ4n) is 2.58. The number of nitrogens with one attached hydrogen (secondary N) is 1. The van der Waals surface area contributed by atoms with Crippen LogP contribution in [0.25, 0.3) is 11.4 Å². The molecule has 0 unspecified atom stereocenters. The number of hydrogen-bond acceptors (Lipinski definition) is 6. The first kappa shape index (κ1) is 18.9. The Morgan fingerprint density at radius 3 is 2.78 bits per heavy atom. The fraction of sp³-hybridized carbons (Fsp3) is 0.263. The standard InChI is InChI=1S/C19H21N5O2S/c1-4-24-18(14-7-5-6-13(2)10-14)22-23-19(24)27-12-16(25)21-15-8-9-17(26-3)20-11-15/h5-11H,4,12H2,1-3H3,(H,21,25). The summed E-state index contributed by atoms with van der Waals surface area (Å²) in [6.45, 7) is 4.81. The highest BCUT2D eigenvalue weighted by Crippen LogP contribution is 2.24. The molecule has 3 rings (SSSR count). The first-order chi connectivity index (χ1) is 13.1. The number of benzene rings is 1. The maximum Gasteiger partial charge on any atom is 0.234 e. The van der Waals surface area contributed by atoms with Gasteiger partial charge in [-0.1, -0.05) is 35.5 Å². The molecule has 8 heteroatoms. The average Bonchev–Trinajstić information content (AvgIpc) is 3.10. The number of methoxy groups -OCH3 is 1. The maximum absolute atomic E-state index is 12.2. The summed E-state index contributed by atoms with van der Waals surface area (Å²) in [6, 6.07) is 11.6. The maximum atomic E-state index is 12.2. The summed E-state index contributed by atoms with van der Waals surface area (Å²) in [7, 11) is 1.55. The zero-order chi connectivity index (χ0) is 19.2. The first-order valence-electron chi connectivity index (χ1n) is 8.53. The van der Waals surface area contributed by atoms with Gasteiger partial charge in [-0.05, 0) is 26.0 Å². The number of anilines is 1. The molecule has 2 heterocycles. The fourth-order valence-corrected chi connectivity index (χ4v) is 3.38. The molecule has 0 saturated heterocycles. The molecule has 0 radical (unpaired) electrons. The molecule has 0 bridgehead atoms. The molecule has 0 atom stereocenters. The molecule has 0 aliphatic carbocycles. The van der Waals surface area contributed by atoms with Gasteiger partial charge in [0.2, 0.25) is 11.8 Å². The summed E-state index contributed by atoms with van der Waals surface area (Å²) < 4.78 is 7.02. The van der Waals surface area contributed by atoms with Crippen molar-refractivity contribution in [3.8, 4) is 17.3 Å². The number of ether oxygens (including phenoxy) is 1. The zero-order valence-electron chi connectivity index (χ0n) is 15.5. The Bertz CT molecular complexity index is 924. The van der Waals surface area contributed by atoms with Crippen molar-refractivity contribution in [3.63, 3.8) is 0 Å². The SMILES string of the molecule is CCn1c(SCC(=O)Nc2ccc(OC)nc2)nnc1-c1cccc(C)c1. The Balaban J connectivity index is 1.66. The van der Waals surface area contributed by atoms with E-state index in [-0.39, 0.29) is 11.7 Å². The second-order valence-corrected chi connectivity index (χ2v) is 6.79. The van der Waals surface area contributed by atoms with Crippen molar-refractivity contribution in [2.45, 2.75) is 25.5 Å². The number of nitrogens with zero attached hydrogens (tertiary/aromatic N) is 4. The molecule has 27 heavy (non-hydrogen) atoms. The predicted octanol–water partition coefficient (Wildman–Crippen LogP) is 3.41. The van der Waals surface area contributed by atoms with E-state index in [1.807, 2.05) is 36.6 Å². The van der Waals surface area contributed by atoms with Gasteiger partial charge in [-0.25, -0.2) is 4.98 Å². The van der Waals surface area contributed by atoms with Gasteiger partial charge in [0.25, 0.3) is 0 Å². The third-order valence-corrected chi connectivity index (χ3v) is 4.84. The molecular formula is C19H21N5O2S. The van der Waals surface area contributed by atoms with Gasteiger partial charge in [0.1, 0.15) is 0 Å². The lowest BCUT2D eigenvalue weighted by Crippen LogP contribution is -2.14. The second-order valence-electron chi connectivity index (χ2n) is 5.85. The summed E-state index contributed by atoms with van der Waals surface area (Å²) in [5, 5.41) is 12.1. The van der Waals surface area contributed by atoms with E-state index in [9.17, 15) is 4.79 Å². The van der Waals surface area contributed by atoms with Crippen LogP contribution in [0.5, 0.6) is 5.88 Å². The third-order valence-electron chi connectivity index (χ3n) is 3.87. The van der Waals surface area contributed by atoms with Crippen molar-refractivity contribution >= 4 is 23.4 Å². The normalized spacial score (nSPS) is 10.6. The third kappa shape index (κ3) is 4.65. The predicted molar refractivity (Wildman–Crippen MR) is 106 cm³/mol. The average molecular weight is 383 g/mol. The van der Waals surface area contributed by atoms with Crippen molar-refractivity contribution < 1.29 is 9.53 Å². The van der Waals surface area contributed by atoms with Gasteiger partial charge in [0, 0.05) is 18.2 Å². The van der Waals surface area contributed by atoms with Crippen molar-refractivity contribution in [1.29, 1.82) is 0 Å². The van der Waals surface area contributed by atoms with E-state index in [2.05, 4.69) is 26.6 Å². The van der Waals surface area contributed by atoms with Gasteiger partial charge in [0.15, 0.2) is 11.0 Å². The van der Waals surface area contributed by atoms with E-state index in [0.717, 1.165) is 23.1 Å². The molecule has 0 fully saturated rings. The quantitative estimate of drug-likeness (QED) is 0.630. The van der Waals surface area contributed by atoms with Crippen LogP contribution in [0, 0.1) is 6.92 Å². The van der Waals surface area contributed by atoms with Crippen molar-refractivity contribution in [2.24, 2.45) is 0 Å². The lowest BCUT2D eigenvalue weighted by Gasteiger charge is -2.08. The number of aromatic nitrogens is 4. The lowest BCUT2D eigenvalue weighted by molar-refractivity contribution is -0.113. The van der Waals surface area contributed by atoms with E-state index in [1.165, 1.54) is 17.3 Å². The van der Waals surface area contributed by atoms with E-state index >= 15 is 0 Å². The number of hydrogen-bond donors (Lipinski definition) is 1. The highest BCUT2D eigenvalue weighted by Gasteiger charge is 2.15. The Kier molecular flexibility index (Phi) is 6.08. The van der Waals surface area contributed by atoms with Gasteiger partial charge < -0.3 is 14.6 Å². The summed E-state index contributed by atoms with van der Waals surface area (Å²) in [4.78, 5) is 16.3. The molecule has 1 amide bonds. The van der Waals surface area contributed by atoms with Crippen LogP contribution in [-0.2, 0) is 11.3 Å². The van der Waals surface area contributed by atoms with E-state index in [4.69, 9.17) is 4.74 Å². The minimum atomic E-state index is -0.130. The lowest BCUT2D eigenvalue weighted by atomic mass is 10.1. The van der Waals surface area contributed by atoms with Crippen molar-refractivity contribution in [2.75, 3.05) is 18.2 Å². The summed E-state index contributed by atoms with van der Waals surface area (Å²) in [5.74, 6) is 1.41. The van der Waals surface area contributed by atoms with Gasteiger partial charge in [-0.2, -0.15) is 0 Å². The zero-order valence-corrected chi connectivity index (χ0v) is 16.3. The van der Waals surface area contributed by atoms with Crippen LogP contribution in [-0.4, -0.2) is 38.5 Å². The Hall–Kier alpha value is -2.87. The van der Waals surface area contributed by atoms with Crippen molar-refractivity contribution in [3.05, 3.63) is 48.2 Å². The summed E-state index contributed by atoms with van der Waals surface area (Å²) >= 11 is 1.36. The molecule has 0 saturated carbocycles. The van der Waals surface area contributed by atoms with Gasteiger partial charge in [-0.3, -0.25) is 4.79 Å². The molecule has 1 aromatic carbocycles. The van der Waals surface area contributed by atoms with E-state index in [1.54, 1.807) is 25.4 Å². The Labute approximate surface area is 162 Å². The number of rotatable bonds is 7. The molecule has 140 valence electrons. The molecule has 1 N–H and O–H groups in total. The monoisotopic (exact) mass is 383 g/mol. The van der Waals surface area contributed by atoms with Gasteiger partial charge >= 0.3 is 0 Å². The molecule has 0 spiro atoms. The minimum Gasteiger partial charge on any atom is -0.481 e. The van der Waals surface area contributed by atoms with Crippen molar-refractivity contribution in [1.82, 2.24) is 19.7 Å². The second kappa shape index (κ2) is 8.68. The number of thioether (sulfide) groups is 1. The molecule has 0 aliphatic heterocycles. The van der Waals surface area contributed by atoms with Crippen LogP contribution in [0.2, 0.25) is 0 Å². The highest BCUT2D eigenvalue weighted by molar-refractivity contribution is 7.99. The Morgan fingerprint density at radius 2 is 2.11 bits per heavy atom. The number of aryl methyl sites for hydroxylation is 1. The van der Waals surface area contributed by atoms with Crippen LogP contribution in [0.4, 0.5) is 5.69 Å². The van der Waals surface area contributed by atoms with Crippen LogP contribution >= 0.6 is 11.8 Å². The van der Waals surface area contributed by atoms with E-state index < -0.39 is 0 Å². The Morgan fingerprint density at radius 1 is 1.26 bits per heavy atom. The van der Waals surface area contributed by atoms with Gasteiger partial charge in [0.05, 0.1) is 24.7 Å². The number of pyridine rings is 1.